The minimum Gasteiger partial charge on any atom is -0.493 e. The summed E-state index contributed by atoms with van der Waals surface area (Å²) >= 11 is 0. The van der Waals surface area contributed by atoms with Crippen LogP contribution in [0.2, 0.25) is 0 Å². The fourth-order valence-electron chi connectivity index (χ4n) is 2.60. The summed E-state index contributed by atoms with van der Waals surface area (Å²) in [5.41, 5.74) is -1.19. The number of ketones is 1. The van der Waals surface area contributed by atoms with Gasteiger partial charge in [-0.1, -0.05) is 0 Å². The van der Waals surface area contributed by atoms with Crippen LogP contribution in [0.4, 0.5) is 5.69 Å². The van der Waals surface area contributed by atoms with Crippen LogP contribution in [-0.4, -0.2) is 44.4 Å². The molecular formula is C14H16N2O6. The Morgan fingerprint density at radius 2 is 1.77 bits per heavy atom. The summed E-state index contributed by atoms with van der Waals surface area (Å²) in [4.78, 5) is 36.5. The number of hydrogen-bond donors (Lipinski definition) is 0. The fourth-order valence-corrected chi connectivity index (χ4v) is 2.60. The van der Waals surface area contributed by atoms with Crippen LogP contribution in [0, 0.1) is 15.5 Å². The van der Waals surface area contributed by atoms with Crippen molar-refractivity contribution in [3.63, 3.8) is 0 Å². The molecule has 8 nitrogen and oxygen atoms in total. The highest BCUT2D eigenvalue weighted by atomic mass is 16.6. The molecule has 0 saturated carbocycles. The number of anilines is 1. The van der Waals surface area contributed by atoms with Crippen LogP contribution in [-0.2, 0) is 4.79 Å². The summed E-state index contributed by atoms with van der Waals surface area (Å²) in [7, 11) is 4.33. The molecule has 2 rings (SSSR count). The van der Waals surface area contributed by atoms with Crippen molar-refractivity contribution in [1.29, 1.82) is 0 Å². The SMILES string of the molecule is COc1cc2c(cc1OC)N(C)C(=O)[C@](C)(C[N+](=O)[O-])C2=O. The maximum Gasteiger partial charge on any atom is 0.247 e. The van der Waals surface area contributed by atoms with Gasteiger partial charge in [0.1, 0.15) is 0 Å². The summed E-state index contributed by atoms with van der Waals surface area (Å²) in [6, 6.07) is 2.95. The van der Waals surface area contributed by atoms with Gasteiger partial charge in [0.25, 0.3) is 0 Å². The molecule has 0 saturated heterocycles. The molecule has 118 valence electrons. The Kier molecular flexibility index (Phi) is 3.78. The third kappa shape index (κ3) is 2.16. The molecule has 8 heteroatoms. The monoisotopic (exact) mass is 308 g/mol. The van der Waals surface area contributed by atoms with Crippen molar-refractivity contribution in [2.75, 3.05) is 32.7 Å². The maximum absolute atomic E-state index is 12.6. The number of nitro groups is 1. The first-order chi connectivity index (χ1) is 10.3. The molecule has 1 aliphatic rings. The quantitative estimate of drug-likeness (QED) is 0.470. The van der Waals surface area contributed by atoms with E-state index < -0.39 is 28.6 Å². The number of rotatable bonds is 4. The predicted molar refractivity (Wildman–Crippen MR) is 77.3 cm³/mol. The Bertz CT molecular complexity index is 672. The van der Waals surface area contributed by atoms with Crippen molar-refractivity contribution in [3.05, 3.63) is 27.8 Å². The van der Waals surface area contributed by atoms with Crippen LogP contribution in [0.3, 0.4) is 0 Å². The molecule has 1 aromatic rings. The molecule has 0 fully saturated rings. The van der Waals surface area contributed by atoms with Gasteiger partial charge in [-0.05, 0) is 13.0 Å². The van der Waals surface area contributed by atoms with Gasteiger partial charge in [0.05, 0.1) is 19.9 Å². The number of benzene rings is 1. The van der Waals surface area contributed by atoms with Gasteiger partial charge in [0.15, 0.2) is 22.7 Å². The second kappa shape index (κ2) is 5.28. The molecule has 1 aliphatic heterocycles. The van der Waals surface area contributed by atoms with Crippen molar-refractivity contribution in [2.24, 2.45) is 5.41 Å². The van der Waals surface area contributed by atoms with Crippen LogP contribution in [0.25, 0.3) is 0 Å². The van der Waals surface area contributed by atoms with Crippen LogP contribution < -0.4 is 14.4 Å². The highest BCUT2D eigenvalue weighted by Gasteiger charge is 2.52. The van der Waals surface area contributed by atoms with Gasteiger partial charge in [0.2, 0.25) is 12.5 Å². The van der Waals surface area contributed by atoms with E-state index >= 15 is 0 Å². The molecule has 0 aromatic heterocycles. The summed E-state index contributed by atoms with van der Waals surface area (Å²) in [5.74, 6) is -0.524. The topological polar surface area (TPSA) is 99.0 Å². The molecule has 1 heterocycles. The molecule has 22 heavy (non-hydrogen) atoms. The molecular weight excluding hydrogens is 292 g/mol. The number of methoxy groups -OCH3 is 2. The van der Waals surface area contributed by atoms with Crippen LogP contribution in [0.5, 0.6) is 11.5 Å². The summed E-state index contributed by atoms with van der Waals surface area (Å²) < 4.78 is 10.3. The zero-order valence-corrected chi connectivity index (χ0v) is 12.7. The van der Waals surface area contributed by atoms with E-state index in [1.807, 2.05) is 0 Å². The van der Waals surface area contributed by atoms with E-state index in [1.54, 1.807) is 0 Å². The maximum atomic E-state index is 12.6. The van der Waals surface area contributed by atoms with E-state index in [1.165, 1.54) is 45.2 Å². The second-order valence-corrected chi connectivity index (χ2v) is 5.24. The van der Waals surface area contributed by atoms with Crippen molar-refractivity contribution in [1.82, 2.24) is 0 Å². The number of carbonyl (C=O) groups is 2. The molecule has 1 aromatic carbocycles. The van der Waals surface area contributed by atoms with Crippen LogP contribution >= 0.6 is 0 Å². The van der Waals surface area contributed by atoms with Crippen molar-refractivity contribution >= 4 is 17.4 Å². The Labute approximate surface area is 126 Å². The molecule has 0 radical (unpaired) electrons. The van der Waals surface area contributed by atoms with Gasteiger partial charge in [-0.25, -0.2) is 0 Å². The number of Topliss-reactive ketones (excluding diaryl/α,β-unsaturated/α-hetero) is 1. The van der Waals surface area contributed by atoms with Gasteiger partial charge >= 0.3 is 0 Å². The first kappa shape index (κ1) is 15.7. The molecule has 0 N–H and O–H groups in total. The van der Waals surface area contributed by atoms with Crippen LogP contribution in [0.15, 0.2) is 12.1 Å². The molecule has 0 spiro atoms. The Morgan fingerprint density at radius 3 is 2.27 bits per heavy atom. The number of carbonyl (C=O) groups excluding carboxylic acids is 2. The van der Waals surface area contributed by atoms with E-state index in [0.717, 1.165) is 0 Å². The van der Waals surface area contributed by atoms with Gasteiger partial charge in [0, 0.05) is 23.6 Å². The van der Waals surface area contributed by atoms with Crippen LogP contribution in [0.1, 0.15) is 17.3 Å². The number of fused-ring (bicyclic) bond motifs is 1. The average molecular weight is 308 g/mol. The standard InChI is InChI=1S/C14H16N2O6/c1-14(7-16(19)20)12(17)8-5-10(21-3)11(22-4)6-9(8)15(2)13(14)18/h5-6H,7H2,1-4H3/t14-/m1/s1. The zero-order chi connectivity index (χ0) is 16.7. The average Bonchev–Trinajstić information content (AvgIpc) is 2.49. The van der Waals surface area contributed by atoms with Gasteiger partial charge in [-0.15, -0.1) is 0 Å². The normalized spacial score (nSPS) is 20.6. The number of nitrogens with zero attached hydrogens (tertiary/aromatic N) is 2. The lowest BCUT2D eigenvalue weighted by molar-refractivity contribution is -0.489. The lowest BCUT2D eigenvalue weighted by Gasteiger charge is -2.35. The number of ether oxygens (including phenoxy) is 2. The third-order valence-electron chi connectivity index (χ3n) is 3.83. The first-order valence-electron chi connectivity index (χ1n) is 6.47. The molecule has 1 amide bonds. The zero-order valence-electron chi connectivity index (χ0n) is 12.7. The van der Waals surface area contributed by atoms with Crippen molar-refractivity contribution < 1.29 is 24.0 Å². The Balaban J connectivity index is 2.66. The van der Waals surface area contributed by atoms with E-state index in [-0.39, 0.29) is 5.56 Å². The molecule has 0 aliphatic carbocycles. The number of hydrogen-bond acceptors (Lipinski definition) is 6. The molecule has 0 unspecified atom stereocenters. The highest BCUT2D eigenvalue weighted by Crippen LogP contribution is 2.42. The summed E-state index contributed by atoms with van der Waals surface area (Å²) in [6.07, 6.45) is 0. The van der Waals surface area contributed by atoms with Crippen molar-refractivity contribution in [3.8, 4) is 11.5 Å². The van der Waals surface area contributed by atoms with E-state index in [0.29, 0.717) is 17.2 Å². The minimum atomic E-state index is -1.73. The molecule has 1 atom stereocenters. The first-order valence-corrected chi connectivity index (χ1v) is 6.47. The minimum absolute atomic E-state index is 0.198. The Morgan fingerprint density at radius 1 is 1.23 bits per heavy atom. The smallest absolute Gasteiger partial charge is 0.247 e. The summed E-state index contributed by atoms with van der Waals surface area (Å²) in [5, 5.41) is 10.8. The predicted octanol–water partition coefficient (Wildman–Crippen LogP) is 1.15. The fraction of sp³-hybridized carbons (Fsp3) is 0.429. The number of amides is 1. The lowest BCUT2D eigenvalue weighted by atomic mass is 9.77. The summed E-state index contributed by atoms with van der Waals surface area (Å²) in [6.45, 7) is 0.527. The Hall–Kier alpha value is -2.64. The largest absolute Gasteiger partial charge is 0.493 e. The van der Waals surface area contributed by atoms with E-state index in [9.17, 15) is 19.7 Å². The van der Waals surface area contributed by atoms with Crippen molar-refractivity contribution in [2.45, 2.75) is 6.92 Å². The van der Waals surface area contributed by atoms with E-state index in [4.69, 9.17) is 9.47 Å². The highest BCUT2D eigenvalue weighted by molar-refractivity contribution is 6.24. The second-order valence-electron chi connectivity index (χ2n) is 5.24. The van der Waals surface area contributed by atoms with Gasteiger partial charge in [-0.3, -0.25) is 19.7 Å². The van der Waals surface area contributed by atoms with Gasteiger partial charge < -0.3 is 14.4 Å². The molecule has 0 bridgehead atoms. The van der Waals surface area contributed by atoms with Gasteiger partial charge in [-0.2, -0.15) is 0 Å². The van der Waals surface area contributed by atoms with E-state index in [2.05, 4.69) is 0 Å². The lowest BCUT2D eigenvalue weighted by Crippen LogP contribution is -2.53. The third-order valence-corrected chi connectivity index (χ3v) is 3.83.